The molecule has 174 valence electrons. The Hall–Kier alpha value is -3.50. The van der Waals surface area contributed by atoms with Gasteiger partial charge in [-0.1, -0.05) is 11.8 Å². The standard InChI is InChI=1S/C24H25FN8S/c1-15-10-28-5-6-32(15)19-7-16-8-20(3-4-22(16)29-12-19)34-24(27)33-14-17(9-21(25)23(33)26)18-11-30-31(2)13-18/h3-4,7-9,11-15,26-28H,5-6,10H2,1-2H3. The lowest BCUT2D eigenvalue weighted by Crippen LogP contribution is -2.49. The van der Waals surface area contributed by atoms with E-state index in [0.717, 1.165) is 46.7 Å². The number of hydrogen-bond acceptors (Lipinski definition) is 7. The van der Waals surface area contributed by atoms with Crippen molar-refractivity contribution in [3.05, 3.63) is 66.4 Å². The first-order valence-corrected chi connectivity index (χ1v) is 11.8. The van der Waals surface area contributed by atoms with Gasteiger partial charge in [-0.05, 0) is 37.3 Å². The fraction of sp³-hybridized carbons (Fsp3) is 0.250. The summed E-state index contributed by atoms with van der Waals surface area (Å²) in [7, 11) is 1.79. The van der Waals surface area contributed by atoms with Crippen molar-refractivity contribution in [2.75, 3.05) is 24.5 Å². The maximum Gasteiger partial charge on any atom is 0.171 e. The molecule has 1 fully saturated rings. The van der Waals surface area contributed by atoms with Gasteiger partial charge in [0.05, 0.1) is 23.6 Å². The summed E-state index contributed by atoms with van der Waals surface area (Å²) in [6.45, 7) is 5.00. The fourth-order valence-electron chi connectivity index (χ4n) is 4.15. The van der Waals surface area contributed by atoms with Crippen LogP contribution in [0.5, 0.6) is 0 Å². The number of piperazine rings is 1. The van der Waals surface area contributed by atoms with Crippen LogP contribution in [0, 0.1) is 16.6 Å². The average molecular weight is 477 g/mol. The highest BCUT2D eigenvalue weighted by Gasteiger charge is 2.19. The Labute approximate surface area is 200 Å². The number of aromatic nitrogens is 4. The van der Waals surface area contributed by atoms with Crippen molar-refractivity contribution in [1.82, 2.24) is 24.6 Å². The van der Waals surface area contributed by atoms with Crippen molar-refractivity contribution in [3.8, 4) is 11.1 Å². The highest BCUT2D eigenvalue weighted by molar-refractivity contribution is 8.13. The maximum atomic E-state index is 14.5. The van der Waals surface area contributed by atoms with E-state index in [2.05, 4.69) is 33.3 Å². The van der Waals surface area contributed by atoms with Crippen molar-refractivity contribution in [2.24, 2.45) is 7.05 Å². The Morgan fingerprint density at radius 1 is 1.18 bits per heavy atom. The number of pyridine rings is 2. The normalized spacial score (nSPS) is 16.2. The van der Waals surface area contributed by atoms with Crippen LogP contribution >= 0.6 is 11.8 Å². The molecular formula is C24H25FN8S. The van der Waals surface area contributed by atoms with Crippen LogP contribution in [0.2, 0.25) is 0 Å². The molecule has 1 saturated heterocycles. The molecule has 4 aromatic rings. The van der Waals surface area contributed by atoms with Gasteiger partial charge in [0.1, 0.15) is 0 Å². The van der Waals surface area contributed by atoms with Crippen LogP contribution in [0.25, 0.3) is 22.0 Å². The Balaban J connectivity index is 1.44. The quantitative estimate of drug-likeness (QED) is 0.239. The van der Waals surface area contributed by atoms with E-state index in [1.165, 1.54) is 22.4 Å². The second-order valence-electron chi connectivity index (χ2n) is 8.40. The van der Waals surface area contributed by atoms with Gasteiger partial charge < -0.3 is 10.2 Å². The molecular weight excluding hydrogens is 451 g/mol. The van der Waals surface area contributed by atoms with E-state index in [-0.39, 0.29) is 10.7 Å². The zero-order valence-electron chi connectivity index (χ0n) is 18.9. The van der Waals surface area contributed by atoms with Crippen molar-refractivity contribution < 1.29 is 4.39 Å². The predicted molar refractivity (Wildman–Crippen MR) is 133 cm³/mol. The average Bonchev–Trinajstić information content (AvgIpc) is 3.27. The first-order chi connectivity index (χ1) is 16.4. The lowest BCUT2D eigenvalue weighted by Gasteiger charge is -2.35. The first-order valence-electron chi connectivity index (χ1n) is 11.0. The van der Waals surface area contributed by atoms with Crippen LogP contribution in [0.1, 0.15) is 6.92 Å². The van der Waals surface area contributed by atoms with Crippen LogP contribution in [-0.4, -0.2) is 50.2 Å². The molecule has 0 aliphatic carbocycles. The van der Waals surface area contributed by atoms with Crippen LogP contribution in [-0.2, 0) is 7.05 Å². The number of nitrogens with zero attached hydrogens (tertiary/aromatic N) is 5. The number of halogens is 1. The lowest BCUT2D eigenvalue weighted by molar-refractivity contribution is 0.500. The fourth-order valence-corrected chi connectivity index (χ4v) is 4.94. The van der Waals surface area contributed by atoms with Gasteiger partial charge in [-0.15, -0.1) is 0 Å². The van der Waals surface area contributed by atoms with Crippen LogP contribution in [0.4, 0.5) is 10.1 Å². The molecule has 0 radical (unpaired) electrons. The number of hydrogen-bond donors (Lipinski definition) is 3. The number of aryl methyl sites for hydroxylation is 1. The molecule has 3 aromatic heterocycles. The van der Waals surface area contributed by atoms with E-state index in [0.29, 0.717) is 11.6 Å². The van der Waals surface area contributed by atoms with Crippen LogP contribution in [0.3, 0.4) is 0 Å². The van der Waals surface area contributed by atoms with Crippen LogP contribution < -0.4 is 15.7 Å². The highest BCUT2D eigenvalue weighted by atomic mass is 32.2. The molecule has 34 heavy (non-hydrogen) atoms. The summed E-state index contributed by atoms with van der Waals surface area (Å²) in [6.07, 6.45) is 6.91. The van der Waals surface area contributed by atoms with E-state index in [9.17, 15) is 4.39 Å². The molecule has 1 aliphatic rings. The molecule has 10 heteroatoms. The Morgan fingerprint density at radius 3 is 2.79 bits per heavy atom. The zero-order valence-corrected chi connectivity index (χ0v) is 19.7. The van der Waals surface area contributed by atoms with E-state index < -0.39 is 5.82 Å². The number of nitrogens with one attached hydrogen (secondary N) is 3. The van der Waals surface area contributed by atoms with Crippen molar-refractivity contribution in [1.29, 1.82) is 10.8 Å². The molecule has 1 unspecified atom stereocenters. The van der Waals surface area contributed by atoms with Gasteiger partial charge >= 0.3 is 0 Å². The summed E-state index contributed by atoms with van der Waals surface area (Å²) < 4.78 is 17.4. The van der Waals surface area contributed by atoms with Gasteiger partial charge in [-0.3, -0.25) is 25.1 Å². The molecule has 0 bridgehead atoms. The topological polar surface area (TPSA) is 98.6 Å². The SMILES string of the molecule is CC1CNCCN1c1cnc2ccc(SC(=N)n3cc(-c4cnn(C)c4)cc(F)c3=N)cc2c1. The van der Waals surface area contributed by atoms with Gasteiger partial charge in [0.25, 0.3) is 0 Å². The van der Waals surface area contributed by atoms with E-state index >= 15 is 0 Å². The number of thioether (sulfide) groups is 1. The van der Waals surface area contributed by atoms with Gasteiger partial charge in [0.2, 0.25) is 0 Å². The molecule has 0 saturated carbocycles. The molecule has 1 atom stereocenters. The molecule has 8 nitrogen and oxygen atoms in total. The summed E-state index contributed by atoms with van der Waals surface area (Å²) in [5.74, 6) is -0.691. The van der Waals surface area contributed by atoms with Gasteiger partial charge in [0, 0.05) is 66.5 Å². The monoisotopic (exact) mass is 476 g/mol. The van der Waals surface area contributed by atoms with Crippen LogP contribution in [0.15, 0.2) is 60.0 Å². The third kappa shape index (κ3) is 4.34. The molecule has 4 heterocycles. The molecule has 0 spiro atoms. The van der Waals surface area contributed by atoms with Crippen molar-refractivity contribution >= 4 is 33.5 Å². The zero-order chi connectivity index (χ0) is 23.8. The number of benzene rings is 1. The smallest absolute Gasteiger partial charge is 0.171 e. The largest absolute Gasteiger partial charge is 0.365 e. The van der Waals surface area contributed by atoms with E-state index in [1.54, 1.807) is 30.3 Å². The van der Waals surface area contributed by atoms with Crippen molar-refractivity contribution in [2.45, 2.75) is 17.9 Å². The molecule has 0 amide bonds. The minimum atomic E-state index is -0.691. The molecule has 5 rings (SSSR count). The van der Waals surface area contributed by atoms with E-state index in [4.69, 9.17) is 10.8 Å². The number of anilines is 1. The minimum absolute atomic E-state index is 0.0360. The molecule has 1 aliphatic heterocycles. The summed E-state index contributed by atoms with van der Waals surface area (Å²) in [5, 5.41) is 25.3. The maximum absolute atomic E-state index is 14.5. The Bertz CT molecular complexity index is 1440. The Kier molecular flexibility index (Phi) is 5.93. The number of rotatable bonds is 3. The summed E-state index contributed by atoms with van der Waals surface area (Å²) in [4.78, 5) is 7.79. The first kappa shape index (κ1) is 22.3. The summed E-state index contributed by atoms with van der Waals surface area (Å²) >= 11 is 1.17. The summed E-state index contributed by atoms with van der Waals surface area (Å²) in [6, 6.07) is 9.62. The van der Waals surface area contributed by atoms with Gasteiger partial charge in [-0.25, -0.2) is 4.39 Å². The molecule has 1 aromatic carbocycles. The third-order valence-electron chi connectivity index (χ3n) is 5.96. The second kappa shape index (κ2) is 9.03. The molecule has 3 N–H and O–H groups in total. The highest BCUT2D eigenvalue weighted by Crippen LogP contribution is 2.28. The predicted octanol–water partition coefficient (Wildman–Crippen LogP) is 3.43. The van der Waals surface area contributed by atoms with Gasteiger partial charge in [0.15, 0.2) is 16.5 Å². The number of fused-ring (bicyclic) bond motifs is 1. The summed E-state index contributed by atoms with van der Waals surface area (Å²) in [5.41, 5.74) is 2.88. The third-order valence-corrected chi connectivity index (χ3v) is 6.84. The Morgan fingerprint density at radius 2 is 2.03 bits per heavy atom. The lowest BCUT2D eigenvalue weighted by atomic mass is 10.1. The van der Waals surface area contributed by atoms with Crippen molar-refractivity contribution in [3.63, 3.8) is 0 Å². The minimum Gasteiger partial charge on any atom is -0.365 e. The van der Waals surface area contributed by atoms with E-state index in [1.807, 2.05) is 24.4 Å². The van der Waals surface area contributed by atoms with Gasteiger partial charge in [-0.2, -0.15) is 5.10 Å². The second-order valence-corrected chi connectivity index (χ2v) is 9.46.